The van der Waals surface area contributed by atoms with Gasteiger partial charge in [0.1, 0.15) is 12.6 Å². The van der Waals surface area contributed by atoms with E-state index < -0.39 is 24.5 Å². The van der Waals surface area contributed by atoms with E-state index in [4.69, 9.17) is 5.11 Å². The Kier molecular flexibility index (Phi) is 7.08. The second-order valence-corrected chi connectivity index (χ2v) is 5.20. The summed E-state index contributed by atoms with van der Waals surface area (Å²) in [4.78, 5) is 34.7. The zero-order valence-corrected chi connectivity index (χ0v) is 12.8. The van der Waals surface area contributed by atoms with Crippen LogP contribution in [0.4, 0.5) is 0 Å². The smallest absolute Gasteiger partial charge is 0.322 e. The van der Waals surface area contributed by atoms with Gasteiger partial charge in [-0.05, 0) is 11.5 Å². The number of carboxylic acids is 1. The molecule has 0 radical (unpaired) electrons. The molecule has 0 fully saturated rings. The maximum absolute atomic E-state index is 12.1. The summed E-state index contributed by atoms with van der Waals surface area (Å²) < 4.78 is 0. The molecule has 0 heterocycles. The molecule has 0 aliphatic carbocycles. The number of carboxylic acid groups (broad SMARTS) is 1. The van der Waals surface area contributed by atoms with Crippen LogP contribution >= 0.6 is 0 Å². The van der Waals surface area contributed by atoms with E-state index >= 15 is 0 Å². The summed E-state index contributed by atoms with van der Waals surface area (Å²) in [5.74, 6) is -1.94. The first-order valence-corrected chi connectivity index (χ1v) is 7.26. The van der Waals surface area contributed by atoms with Gasteiger partial charge in [0, 0.05) is 0 Å². The standard InChI is InChI=1S/C16H22N2O4/c1-3-11(2)15(16(22)17-10-14(20)21)18-13(19)9-12-7-5-4-6-8-12/h4-8,11,15H,3,9-10H2,1-2H3,(H,17,22)(H,18,19)(H,20,21). The van der Waals surface area contributed by atoms with Crippen molar-refractivity contribution >= 4 is 17.8 Å². The SMILES string of the molecule is CCC(C)C(NC(=O)Cc1ccccc1)C(=O)NCC(=O)O. The molecule has 0 bridgehead atoms. The summed E-state index contributed by atoms with van der Waals surface area (Å²) in [6, 6.07) is 8.48. The Hall–Kier alpha value is -2.37. The molecule has 2 atom stereocenters. The highest BCUT2D eigenvalue weighted by molar-refractivity contribution is 5.90. The van der Waals surface area contributed by atoms with Crippen molar-refractivity contribution < 1.29 is 19.5 Å². The topological polar surface area (TPSA) is 95.5 Å². The maximum atomic E-state index is 12.1. The maximum Gasteiger partial charge on any atom is 0.322 e. The summed E-state index contributed by atoms with van der Waals surface area (Å²) in [7, 11) is 0. The van der Waals surface area contributed by atoms with Crippen LogP contribution in [0.3, 0.4) is 0 Å². The molecule has 22 heavy (non-hydrogen) atoms. The van der Waals surface area contributed by atoms with Gasteiger partial charge in [0.25, 0.3) is 0 Å². The van der Waals surface area contributed by atoms with Gasteiger partial charge >= 0.3 is 5.97 Å². The van der Waals surface area contributed by atoms with Gasteiger partial charge in [0.15, 0.2) is 0 Å². The van der Waals surface area contributed by atoms with Crippen molar-refractivity contribution in [1.29, 1.82) is 0 Å². The van der Waals surface area contributed by atoms with Crippen LogP contribution in [0, 0.1) is 5.92 Å². The van der Waals surface area contributed by atoms with Crippen molar-refractivity contribution in [3.05, 3.63) is 35.9 Å². The van der Waals surface area contributed by atoms with E-state index in [-0.39, 0.29) is 18.2 Å². The number of aliphatic carboxylic acids is 1. The summed E-state index contributed by atoms with van der Waals surface area (Å²) in [6.07, 6.45) is 0.872. The average molecular weight is 306 g/mol. The van der Waals surface area contributed by atoms with Gasteiger partial charge < -0.3 is 15.7 Å². The lowest BCUT2D eigenvalue weighted by molar-refractivity contribution is -0.138. The zero-order chi connectivity index (χ0) is 16.5. The average Bonchev–Trinajstić information content (AvgIpc) is 2.50. The molecule has 0 aromatic heterocycles. The molecular formula is C16H22N2O4. The van der Waals surface area contributed by atoms with Gasteiger partial charge in [-0.1, -0.05) is 50.6 Å². The van der Waals surface area contributed by atoms with Crippen LogP contribution in [-0.2, 0) is 20.8 Å². The fourth-order valence-electron chi connectivity index (χ4n) is 1.98. The summed E-state index contributed by atoms with van der Waals surface area (Å²) >= 11 is 0. The second kappa shape index (κ2) is 8.81. The molecule has 6 nitrogen and oxygen atoms in total. The van der Waals surface area contributed by atoms with E-state index in [2.05, 4.69) is 10.6 Å². The Balaban J connectivity index is 2.66. The molecule has 0 aliphatic heterocycles. The predicted octanol–water partition coefficient (Wildman–Crippen LogP) is 0.961. The third-order valence-corrected chi connectivity index (χ3v) is 3.43. The van der Waals surface area contributed by atoms with Crippen LogP contribution in [0.25, 0.3) is 0 Å². The molecule has 6 heteroatoms. The van der Waals surface area contributed by atoms with Gasteiger partial charge in [-0.15, -0.1) is 0 Å². The van der Waals surface area contributed by atoms with E-state index in [9.17, 15) is 14.4 Å². The minimum absolute atomic E-state index is 0.0893. The summed E-state index contributed by atoms with van der Waals surface area (Å²) in [5, 5.41) is 13.6. The van der Waals surface area contributed by atoms with Crippen molar-refractivity contribution in [2.45, 2.75) is 32.7 Å². The highest BCUT2D eigenvalue weighted by Gasteiger charge is 2.26. The van der Waals surface area contributed by atoms with E-state index in [0.717, 1.165) is 5.56 Å². The molecule has 0 saturated carbocycles. The summed E-state index contributed by atoms with van der Waals surface area (Å²) in [6.45, 7) is 3.29. The molecule has 2 unspecified atom stereocenters. The largest absolute Gasteiger partial charge is 0.480 e. The predicted molar refractivity (Wildman–Crippen MR) is 82.2 cm³/mol. The normalized spacial score (nSPS) is 13.0. The minimum Gasteiger partial charge on any atom is -0.480 e. The summed E-state index contributed by atoms with van der Waals surface area (Å²) in [5.41, 5.74) is 0.855. The Bertz CT molecular complexity index is 516. The molecule has 2 amide bonds. The number of hydrogen-bond acceptors (Lipinski definition) is 3. The third kappa shape index (κ3) is 5.95. The molecule has 1 aromatic rings. The van der Waals surface area contributed by atoms with Crippen molar-refractivity contribution in [3.63, 3.8) is 0 Å². The zero-order valence-electron chi connectivity index (χ0n) is 12.8. The fourth-order valence-corrected chi connectivity index (χ4v) is 1.98. The Morgan fingerprint density at radius 2 is 1.82 bits per heavy atom. The molecule has 0 spiro atoms. The van der Waals surface area contributed by atoms with Crippen molar-refractivity contribution in [1.82, 2.24) is 10.6 Å². The monoisotopic (exact) mass is 306 g/mol. The number of carbonyl (C=O) groups is 3. The van der Waals surface area contributed by atoms with Crippen LogP contribution in [0.15, 0.2) is 30.3 Å². The first-order chi connectivity index (χ1) is 10.4. The molecular weight excluding hydrogens is 284 g/mol. The van der Waals surface area contributed by atoms with Crippen LogP contribution in [0.1, 0.15) is 25.8 Å². The van der Waals surface area contributed by atoms with E-state index in [1.807, 2.05) is 44.2 Å². The molecule has 120 valence electrons. The van der Waals surface area contributed by atoms with Crippen LogP contribution in [-0.4, -0.2) is 35.5 Å². The fraction of sp³-hybridized carbons (Fsp3) is 0.438. The molecule has 0 saturated heterocycles. The lowest BCUT2D eigenvalue weighted by atomic mass is 9.98. The Morgan fingerprint density at radius 1 is 1.18 bits per heavy atom. The van der Waals surface area contributed by atoms with Gasteiger partial charge in [-0.2, -0.15) is 0 Å². The number of nitrogens with one attached hydrogen (secondary N) is 2. The van der Waals surface area contributed by atoms with Gasteiger partial charge in [-0.3, -0.25) is 14.4 Å². The number of carbonyl (C=O) groups excluding carboxylic acids is 2. The second-order valence-electron chi connectivity index (χ2n) is 5.20. The van der Waals surface area contributed by atoms with E-state index in [1.54, 1.807) is 0 Å². The number of hydrogen-bond donors (Lipinski definition) is 3. The molecule has 1 aromatic carbocycles. The lowest BCUT2D eigenvalue weighted by Gasteiger charge is -2.23. The van der Waals surface area contributed by atoms with Gasteiger partial charge in [-0.25, -0.2) is 0 Å². The molecule has 1 rings (SSSR count). The lowest BCUT2D eigenvalue weighted by Crippen LogP contribution is -2.51. The van der Waals surface area contributed by atoms with Gasteiger partial charge in [0.05, 0.1) is 6.42 Å². The Labute approximate surface area is 129 Å². The highest BCUT2D eigenvalue weighted by atomic mass is 16.4. The van der Waals surface area contributed by atoms with E-state index in [0.29, 0.717) is 6.42 Å². The van der Waals surface area contributed by atoms with Crippen molar-refractivity contribution in [2.24, 2.45) is 5.92 Å². The van der Waals surface area contributed by atoms with E-state index in [1.165, 1.54) is 0 Å². The first-order valence-electron chi connectivity index (χ1n) is 7.26. The number of rotatable bonds is 8. The van der Waals surface area contributed by atoms with Crippen LogP contribution < -0.4 is 10.6 Å². The minimum atomic E-state index is -1.12. The quantitative estimate of drug-likeness (QED) is 0.666. The van der Waals surface area contributed by atoms with Crippen molar-refractivity contribution in [3.8, 4) is 0 Å². The van der Waals surface area contributed by atoms with Crippen LogP contribution in [0.5, 0.6) is 0 Å². The van der Waals surface area contributed by atoms with Crippen molar-refractivity contribution in [2.75, 3.05) is 6.54 Å². The van der Waals surface area contributed by atoms with Gasteiger partial charge in [0.2, 0.25) is 11.8 Å². The highest BCUT2D eigenvalue weighted by Crippen LogP contribution is 2.09. The number of benzene rings is 1. The Morgan fingerprint density at radius 3 is 2.36 bits per heavy atom. The van der Waals surface area contributed by atoms with Crippen LogP contribution in [0.2, 0.25) is 0 Å². The first kappa shape index (κ1) is 17.7. The number of amides is 2. The third-order valence-electron chi connectivity index (χ3n) is 3.43. The molecule has 3 N–H and O–H groups in total. The molecule has 0 aliphatic rings.